The maximum absolute atomic E-state index is 13.0. The SMILES string of the molecule is Cc1cc2cc(C(C)(C)C)ccc2[s+]1C(F)(F)F.[Br-]. The topological polar surface area (TPSA) is 0 Å². The maximum Gasteiger partial charge on any atom is 0.600 e. The molecule has 0 fully saturated rings. The highest BCUT2D eigenvalue weighted by molar-refractivity contribution is 7.38. The normalized spacial score (nSPS) is 13.5. The summed E-state index contributed by atoms with van der Waals surface area (Å²) in [5.74, 6) is 0. The fraction of sp³-hybridized carbons (Fsp3) is 0.429. The van der Waals surface area contributed by atoms with Crippen LogP contribution in [0.25, 0.3) is 10.1 Å². The van der Waals surface area contributed by atoms with Gasteiger partial charge >= 0.3 is 5.51 Å². The van der Waals surface area contributed by atoms with Gasteiger partial charge in [0.05, 0.1) is 10.5 Å². The van der Waals surface area contributed by atoms with Crippen LogP contribution in [-0.4, -0.2) is 0 Å². The molecule has 2 rings (SSSR count). The maximum atomic E-state index is 13.0. The van der Waals surface area contributed by atoms with Crippen molar-refractivity contribution in [3.8, 4) is 0 Å². The van der Waals surface area contributed by atoms with Gasteiger partial charge in [0.2, 0.25) is 0 Å². The molecule has 0 nitrogen and oxygen atoms in total. The molecule has 19 heavy (non-hydrogen) atoms. The van der Waals surface area contributed by atoms with Crippen LogP contribution >= 0.6 is 10.5 Å². The average molecular weight is 353 g/mol. The van der Waals surface area contributed by atoms with Gasteiger partial charge in [0, 0.05) is 18.4 Å². The van der Waals surface area contributed by atoms with Crippen molar-refractivity contribution in [3.05, 3.63) is 34.7 Å². The summed E-state index contributed by atoms with van der Waals surface area (Å²) in [5.41, 5.74) is -3.15. The van der Waals surface area contributed by atoms with Crippen LogP contribution in [0.3, 0.4) is 0 Å². The number of aryl methyl sites for hydroxylation is 1. The second-order valence-electron chi connectivity index (χ2n) is 5.51. The van der Waals surface area contributed by atoms with E-state index in [2.05, 4.69) is 20.8 Å². The first kappa shape index (κ1) is 16.5. The number of rotatable bonds is 0. The van der Waals surface area contributed by atoms with E-state index in [1.807, 2.05) is 12.1 Å². The van der Waals surface area contributed by atoms with E-state index < -0.39 is 16.0 Å². The third-order valence-electron chi connectivity index (χ3n) is 3.01. The van der Waals surface area contributed by atoms with Crippen LogP contribution in [0.4, 0.5) is 13.2 Å². The summed E-state index contributed by atoms with van der Waals surface area (Å²) in [6.07, 6.45) is 0. The molecule has 0 saturated heterocycles. The number of halogens is 4. The van der Waals surface area contributed by atoms with Crippen LogP contribution in [0.5, 0.6) is 0 Å². The molecule has 0 aliphatic heterocycles. The second-order valence-corrected chi connectivity index (χ2v) is 7.67. The highest BCUT2D eigenvalue weighted by Crippen LogP contribution is 2.50. The molecule has 1 aromatic heterocycles. The van der Waals surface area contributed by atoms with Crippen molar-refractivity contribution in [2.75, 3.05) is 0 Å². The lowest BCUT2D eigenvalue weighted by molar-refractivity contribution is -0.0867. The Morgan fingerprint density at radius 3 is 2.05 bits per heavy atom. The Labute approximate surface area is 124 Å². The lowest BCUT2D eigenvalue weighted by Gasteiger charge is -2.18. The van der Waals surface area contributed by atoms with Gasteiger partial charge in [0.1, 0.15) is 0 Å². The number of benzene rings is 1. The molecule has 1 aromatic carbocycles. The van der Waals surface area contributed by atoms with Crippen LogP contribution in [0.1, 0.15) is 31.2 Å². The van der Waals surface area contributed by atoms with E-state index >= 15 is 0 Å². The van der Waals surface area contributed by atoms with Gasteiger partial charge in [0.25, 0.3) is 0 Å². The Morgan fingerprint density at radius 2 is 1.58 bits per heavy atom. The molecule has 0 spiro atoms. The van der Waals surface area contributed by atoms with Crippen LogP contribution in [0.2, 0.25) is 0 Å². The van der Waals surface area contributed by atoms with Crippen molar-refractivity contribution < 1.29 is 30.2 Å². The zero-order valence-corrected chi connectivity index (χ0v) is 13.6. The first-order valence-electron chi connectivity index (χ1n) is 5.74. The third-order valence-corrected chi connectivity index (χ3v) is 5.04. The average Bonchev–Trinajstić information content (AvgIpc) is 2.49. The quantitative estimate of drug-likeness (QED) is 0.639. The van der Waals surface area contributed by atoms with Crippen LogP contribution in [-0.2, 0) is 10.9 Å². The fourth-order valence-corrected chi connectivity index (χ4v) is 3.84. The number of fused-ring (bicyclic) bond motifs is 1. The van der Waals surface area contributed by atoms with E-state index in [1.165, 1.54) is 0 Å². The number of thiophene rings is 1. The molecule has 0 radical (unpaired) electrons. The number of hydrogen-bond donors (Lipinski definition) is 0. The minimum Gasteiger partial charge on any atom is -1.00 e. The van der Waals surface area contributed by atoms with Crippen LogP contribution in [0, 0.1) is 6.92 Å². The van der Waals surface area contributed by atoms with E-state index in [1.54, 1.807) is 19.1 Å². The van der Waals surface area contributed by atoms with Crippen molar-refractivity contribution in [2.24, 2.45) is 0 Å². The summed E-state index contributed by atoms with van der Waals surface area (Å²) in [6.45, 7) is 7.74. The first-order valence-corrected chi connectivity index (χ1v) is 6.97. The molecule has 0 aliphatic carbocycles. The molecule has 0 N–H and O–H groups in total. The first-order chi connectivity index (χ1) is 8.10. The Kier molecular flexibility index (Phi) is 4.42. The third kappa shape index (κ3) is 3.14. The Hall–Kier alpha value is -0.550. The van der Waals surface area contributed by atoms with Gasteiger partial charge < -0.3 is 17.0 Å². The van der Waals surface area contributed by atoms with Gasteiger partial charge in [-0.05, 0) is 23.1 Å². The fourth-order valence-electron chi connectivity index (χ4n) is 2.07. The van der Waals surface area contributed by atoms with E-state index in [9.17, 15) is 13.2 Å². The van der Waals surface area contributed by atoms with Crippen molar-refractivity contribution >= 4 is 20.6 Å². The lowest BCUT2D eigenvalue weighted by atomic mass is 9.87. The van der Waals surface area contributed by atoms with Gasteiger partial charge in [0.15, 0.2) is 9.58 Å². The summed E-state index contributed by atoms with van der Waals surface area (Å²) in [4.78, 5) is 0.406. The molecular formula is C14H16BrF3S. The standard InChI is InChI=1S/C14H16F3S.BrH/c1-9-7-10-8-11(13(2,3)4)5-6-12(10)18(9)14(15,16)17;/h5-8H,1-4H3;1H/q+1;/p-1. The molecule has 1 unspecified atom stereocenters. The van der Waals surface area contributed by atoms with Crippen LogP contribution < -0.4 is 17.0 Å². The predicted molar refractivity (Wildman–Crippen MR) is 71.2 cm³/mol. The molecule has 5 heteroatoms. The molecule has 106 valence electrons. The summed E-state index contributed by atoms with van der Waals surface area (Å²) >= 11 is 0. The van der Waals surface area contributed by atoms with Crippen molar-refractivity contribution in [2.45, 2.75) is 38.6 Å². The molecule has 2 aromatic rings. The van der Waals surface area contributed by atoms with E-state index in [0.29, 0.717) is 9.58 Å². The molecule has 0 amide bonds. The van der Waals surface area contributed by atoms with Crippen LogP contribution in [0.15, 0.2) is 24.3 Å². The molecule has 1 heterocycles. The second kappa shape index (κ2) is 5.09. The summed E-state index contributed by atoms with van der Waals surface area (Å²) < 4.78 is 39.4. The van der Waals surface area contributed by atoms with Crippen molar-refractivity contribution in [3.63, 3.8) is 0 Å². The minimum atomic E-state index is -4.17. The summed E-state index contributed by atoms with van der Waals surface area (Å²) in [6, 6.07) is 7.01. The molecule has 1 atom stereocenters. The van der Waals surface area contributed by atoms with Gasteiger partial charge in [-0.25, -0.2) is 0 Å². The molecular weight excluding hydrogens is 337 g/mol. The summed E-state index contributed by atoms with van der Waals surface area (Å²) in [7, 11) is -1.74. The van der Waals surface area contributed by atoms with E-state index in [4.69, 9.17) is 0 Å². The van der Waals surface area contributed by atoms with E-state index in [-0.39, 0.29) is 22.4 Å². The smallest absolute Gasteiger partial charge is 0.600 e. The highest BCUT2D eigenvalue weighted by Gasteiger charge is 2.46. The number of hydrogen-bond acceptors (Lipinski definition) is 0. The Balaban J connectivity index is 0.00000180. The zero-order chi connectivity index (χ0) is 13.7. The van der Waals surface area contributed by atoms with E-state index in [0.717, 1.165) is 10.9 Å². The van der Waals surface area contributed by atoms with Crippen molar-refractivity contribution in [1.82, 2.24) is 0 Å². The predicted octanol–water partition coefficient (Wildman–Crippen LogP) is 2.68. The highest BCUT2D eigenvalue weighted by atomic mass is 79.9. The summed E-state index contributed by atoms with van der Waals surface area (Å²) in [5, 5.41) is 0.723. The molecule has 0 saturated carbocycles. The molecule has 0 aliphatic rings. The van der Waals surface area contributed by atoms with Crippen molar-refractivity contribution in [1.29, 1.82) is 0 Å². The zero-order valence-electron chi connectivity index (χ0n) is 11.2. The lowest BCUT2D eigenvalue weighted by Crippen LogP contribution is -3.00. The van der Waals surface area contributed by atoms with Gasteiger partial charge in [-0.2, -0.15) is 0 Å². The molecule has 0 bridgehead atoms. The minimum absolute atomic E-state index is 0. The van der Waals surface area contributed by atoms with Gasteiger partial charge in [-0.15, -0.1) is 13.2 Å². The largest absolute Gasteiger partial charge is 1.00 e. The monoisotopic (exact) mass is 352 g/mol. The van der Waals surface area contributed by atoms with Gasteiger partial charge in [-0.3, -0.25) is 0 Å². The Morgan fingerprint density at radius 1 is 1.00 bits per heavy atom. The Bertz CT molecular complexity index is 591. The van der Waals surface area contributed by atoms with Gasteiger partial charge in [-0.1, -0.05) is 26.8 Å². The number of alkyl halides is 3.